The number of carbonyl (C=O) groups is 2. The molecule has 0 aliphatic heterocycles. The van der Waals surface area contributed by atoms with Gasteiger partial charge in [0.25, 0.3) is 5.91 Å². The molecule has 0 radical (unpaired) electrons. The van der Waals surface area contributed by atoms with Crippen molar-refractivity contribution in [3.8, 4) is 5.75 Å². The predicted octanol–water partition coefficient (Wildman–Crippen LogP) is 3.67. The number of anilines is 1. The van der Waals surface area contributed by atoms with E-state index in [1.807, 2.05) is 0 Å². The Bertz CT molecular complexity index is 751. The van der Waals surface area contributed by atoms with Crippen LogP contribution in [0.3, 0.4) is 0 Å². The average Bonchev–Trinajstić information content (AvgIpc) is 2.56. The number of para-hydroxylation sites is 1. The summed E-state index contributed by atoms with van der Waals surface area (Å²) in [4.78, 5) is 23.8. The molecule has 0 fully saturated rings. The van der Waals surface area contributed by atoms with E-state index in [1.165, 1.54) is 18.2 Å². The first kappa shape index (κ1) is 17.7. The third kappa shape index (κ3) is 4.70. The molecule has 0 saturated carbocycles. The Labute approximate surface area is 143 Å². The van der Waals surface area contributed by atoms with Gasteiger partial charge in [0.1, 0.15) is 17.1 Å². The Morgan fingerprint density at radius 1 is 1.21 bits per heavy atom. The van der Waals surface area contributed by atoms with E-state index in [0.29, 0.717) is 12.4 Å². The van der Waals surface area contributed by atoms with Gasteiger partial charge in [-0.2, -0.15) is 0 Å². The summed E-state index contributed by atoms with van der Waals surface area (Å²) in [5.74, 6) is -1.68. The minimum absolute atomic E-state index is 0.0461. The van der Waals surface area contributed by atoms with Gasteiger partial charge < -0.3 is 14.8 Å². The van der Waals surface area contributed by atoms with Gasteiger partial charge in [0.15, 0.2) is 6.61 Å². The minimum Gasteiger partial charge on any atom is -0.493 e. The Balaban J connectivity index is 1.95. The zero-order valence-electron chi connectivity index (χ0n) is 12.8. The Kier molecular flexibility index (Phi) is 6.14. The van der Waals surface area contributed by atoms with Crippen LogP contribution in [0.5, 0.6) is 5.75 Å². The molecule has 0 aliphatic rings. The van der Waals surface area contributed by atoms with Crippen LogP contribution in [0.25, 0.3) is 0 Å². The topological polar surface area (TPSA) is 64.6 Å². The fraction of sp³-hybridized carbons (Fsp3) is 0.176. The fourth-order valence-electron chi connectivity index (χ4n) is 1.90. The molecular formula is C17H15ClFNO4. The minimum atomic E-state index is -0.703. The number of hydrogen-bond donors (Lipinski definition) is 1. The summed E-state index contributed by atoms with van der Waals surface area (Å²) in [6.45, 7) is 1.62. The lowest BCUT2D eigenvalue weighted by Crippen LogP contribution is -2.21. The first-order valence-electron chi connectivity index (χ1n) is 7.15. The number of esters is 1. The molecule has 126 valence electrons. The number of halogens is 2. The van der Waals surface area contributed by atoms with Crippen LogP contribution in [-0.4, -0.2) is 25.1 Å². The zero-order chi connectivity index (χ0) is 17.5. The summed E-state index contributed by atoms with van der Waals surface area (Å²) in [5.41, 5.74) is 0.167. The number of nitrogens with one attached hydrogen (secondary N) is 1. The summed E-state index contributed by atoms with van der Waals surface area (Å²) in [7, 11) is 0. The van der Waals surface area contributed by atoms with Gasteiger partial charge in [-0.25, -0.2) is 9.18 Å². The largest absolute Gasteiger partial charge is 0.493 e. The number of carbonyl (C=O) groups excluding carboxylic acids is 2. The maximum absolute atomic E-state index is 13.6. The molecule has 1 amide bonds. The highest BCUT2D eigenvalue weighted by Gasteiger charge is 2.15. The lowest BCUT2D eigenvalue weighted by Gasteiger charge is -2.10. The van der Waals surface area contributed by atoms with Crippen LogP contribution in [0.15, 0.2) is 42.5 Å². The third-order valence-corrected chi connectivity index (χ3v) is 3.18. The van der Waals surface area contributed by atoms with E-state index in [4.69, 9.17) is 21.1 Å². The van der Waals surface area contributed by atoms with E-state index in [2.05, 4.69) is 5.32 Å². The molecule has 2 aromatic carbocycles. The van der Waals surface area contributed by atoms with Gasteiger partial charge in [0, 0.05) is 5.02 Å². The molecule has 0 aliphatic carbocycles. The standard InChI is InChI=1S/C17H15ClFNO4/c1-2-23-15-6-4-3-5-12(15)17(22)24-10-16(21)20-14-8-7-11(18)9-13(14)19/h3-9H,2,10H2,1H3,(H,20,21). The van der Waals surface area contributed by atoms with Crippen molar-refractivity contribution in [2.24, 2.45) is 0 Å². The van der Waals surface area contributed by atoms with Crippen LogP contribution in [0.4, 0.5) is 10.1 Å². The quantitative estimate of drug-likeness (QED) is 0.806. The van der Waals surface area contributed by atoms with Crippen LogP contribution < -0.4 is 10.1 Å². The number of hydrogen-bond acceptors (Lipinski definition) is 4. The molecule has 5 nitrogen and oxygen atoms in total. The first-order valence-corrected chi connectivity index (χ1v) is 7.53. The molecule has 0 spiro atoms. The molecule has 2 rings (SSSR count). The highest BCUT2D eigenvalue weighted by atomic mass is 35.5. The van der Waals surface area contributed by atoms with Crippen molar-refractivity contribution in [3.63, 3.8) is 0 Å². The molecule has 7 heteroatoms. The van der Waals surface area contributed by atoms with Crippen molar-refractivity contribution in [2.45, 2.75) is 6.92 Å². The summed E-state index contributed by atoms with van der Waals surface area (Å²) in [6, 6.07) is 10.4. The smallest absolute Gasteiger partial charge is 0.342 e. The van der Waals surface area contributed by atoms with Gasteiger partial charge in [-0.1, -0.05) is 23.7 Å². The van der Waals surface area contributed by atoms with E-state index >= 15 is 0 Å². The molecule has 0 bridgehead atoms. The fourth-order valence-corrected chi connectivity index (χ4v) is 2.06. The SMILES string of the molecule is CCOc1ccccc1C(=O)OCC(=O)Nc1ccc(Cl)cc1F. The van der Waals surface area contributed by atoms with E-state index in [9.17, 15) is 14.0 Å². The van der Waals surface area contributed by atoms with E-state index < -0.39 is 24.3 Å². The van der Waals surface area contributed by atoms with Gasteiger partial charge in [0.2, 0.25) is 0 Å². The van der Waals surface area contributed by atoms with Crippen LogP contribution >= 0.6 is 11.6 Å². The highest BCUT2D eigenvalue weighted by Crippen LogP contribution is 2.20. The van der Waals surface area contributed by atoms with E-state index in [0.717, 1.165) is 6.07 Å². The molecule has 0 heterocycles. The van der Waals surface area contributed by atoms with Crippen LogP contribution in [0.1, 0.15) is 17.3 Å². The lowest BCUT2D eigenvalue weighted by atomic mass is 10.2. The molecule has 2 aromatic rings. The third-order valence-electron chi connectivity index (χ3n) is 2.95. The summed E-state index contributed by atoms with van der Waals surface area (Å²) in [6.07, 6.45) is 0. The zero-order valence-corrected chi connectivity index (χ0v) is 13.6. The monoisotopic (exact) mass is 351 g/mol. The van der Waals surface area contributed by atoms with Crippen molar-refractivity contribution in [3.05, 3.63) is 58.9 Å². The number of amides is 1. The van der Waals surface area contributed by atoms with Gasteiger partial charge >= 0.3 is 5.97 Å². The van der Waals surface area contributed by atoms with Gasteiger partial charge in [-0.15, -0.1) is 0 Å². The summed E-state index contributed by atoms with van der Waals surface area (Å²) in [5, 5.41) is 2.52. The Hall–Kier alpha value is -2.60. The average molecular weight is 352 g/mol. The summed E-state index contributed by atoms with van der Waals surface area (Å²) >= 11 is 5.63. The number of ether oxygens (including phenoxy) is 2. The second-order valence-electron chi connectivity index (χ2n) is 4.68. The normalized spacial score (nSPS) is 10.1. The molecule has 0 aromatic heterocycles. The molecule has 1 N–H and O–H groups in total. The maximum atomic E-state index is 13.6. The number of benzene rings is 2. The van der Waals surface area contributed by atoms with Crippen LogP contribution in [0, 0.1) is 5.82 Å². The van der Waals surface area contributed by atoms with Crippen LogP contribution in [-0.2, 0) is 9.53 Å². The Morgan fingerprint density at radius 3 is 2.67 bits per heavy atom. The van der Waals surface area contributed by atoms with Crippen molar-refractivity contribution < 1.29 is 23.5 Å². The summed E-state index contributed by atoms with van der Waals surface area (Å²) < 4.78 is 23.8. The second-order valence-corrected chi connectivity index (χ2v) is 5.11. The Morgan fingerprint density at radius 2 is 1.96 bits per heavy atom. The predicted molar refractivity (Wildman–Crippen MR) is 87.9 cm³/mol. The molecule has 24 heavy (non-hydrogen) atoms. The lowest BCUT2D eigenvalue weighted by molar-refractivity contribution is -0.119. The molecule has 0 atom stereocenters. The van der Waals surface area contributed by atoms with Gasteiger partial charge in [-0.3, -0.25) is 4.79 Å². The van der Waals surface area contributed by atoms with E-state index in [-0.39, 0.29) is 16.3 Å². The highest BCUT2D eigenvalue weighted by molar-refractivity contribution is 6.30. The first-order chi connectivity index (χ1) is 11.5. The van der Waals surface area contributed by atoms with Crippen molar-refractivity contribution in [1.82, 2.24) is 0 Å². The molecule has 0 unspecified atom stereocenters. The van der Waals surface area contributed by atoms with Crippen LogP contribution in [0.2, 0.25) is 5.02 Å². The molecular weight excluding hydrogens is 337 g/mol. The molecule has 0 saturated heterocycles. The van der Waals surface area contributed by atoms with Gasteiger partial charge in [-0.05, 0) is 37.3 Å². The van der Waals surface area contributed by atoms with E-state index in [1.54, 1.807) is 25.1 Å². The second kappa shape index (κ2) is 8.31. The van der Waals surface area contributed by atoms with Crippen molar-refractivity contribution in [2.75, 3.05) is 18.5 Å². The maximum Gasteiger partial charge on any atom is 0.342 e. The van der Waals surface area contributed by atoms with Crippen molar-refractivity contribution >= 4 is 29.2 Å². The number of rotatable bonds is 6. The van der Waals surface area contributed by atoms with Gasteiger partial charge in [0.05, 0.1) is 12.3 Å². The van der Waals surface area contributed by atoms with Crippen molar-refractivity contribution in [1.29, 1.82) is 0 Å².